The molecule has 2 N–H and O–H groups in total. The first-order valence-corrected chi connectivity index (χ1v) is 12.4. The fourth-order valence-corrected chi connectivity index (χ4v) is 4.10. The van der Waals surface area contributed by atoms with Gasteiger partial charge in [0.1, 0.15) is 17.1 Å². The number of benzene rings is 2. The molecule has 1 saturated heterocycles. The Hall–Kier alpha value is -4.39. The number of nitrogens with zero attached hydrogens (tertiary/aromatic N) is 4. The van der Waals surface area contributed by atoms with Crippen molar-refractivity contribution < 1.29 is 32.2 Å². The van der Waals surface area contributed by atoms with E-state index in [1.54, 1.807) is 24.3 Å². The van der Waals surface area contributed by atoms with Gasteiger partial charge in [-0.15, -0.1) is 0 Å². The van der Waals surface area contributed by atoms with Gasteiger partial charge in [0.25, 0.3) is 11.7 Å². The second-order valence-corrected chi connectivity index (χ2v) is 9.10. The highest BCUT2D eigenvalue weighted by Crippen LogP contribution is 2.36. The van der Waals surface area contributed by atoms with E-state index in [2.05, 4.69) is 25.5 Å². The number of ketones is 1. The maximum Gasteiger partial charge on any atom is 0.421 e. The molecule has 0 unspecified atom stereocenters. The molecule has 0 saturated carbocycles. The number of methoxy groups -OCH3 is 1. The minimum absolute atomic E-state index is 0.0831. The van der Waals surface area contributed by atoms with Crippen LogP contribution in [0.25, 0.3) is 0 Å². The molecule has 2 heterocycles. The summed E-state index contributed by atoms with van der Waals surface area (Å²) in [6.07, 6.45) is -4.06. The zero-order valence-corrected chi connectivity index (χ0v) is 22.2. The summed E-state index contributed by atoms with van der Waals surface area (Å²) >= 11 is 0. The number of carbonyl (C=O) groups excluding carboxylic acids is 2. The highest BCUT2D eigenvalue weighted by Gasteiger charge is 2.35. The lowest BCUT2D eigenvalue weighted by molar-refractivity contribution is -0.137. The molecule has 2 aromatic carbocycles. The lowest BCUT2D eigenvalue weighted by Crippen LogP contribution is -2.36. The van der Waals surface area contributed by atoms with Crippen LogP contribution in [0.1, 0.15) is 21.5 Å². The number of Topliss-reactive ketones (excluding diaryl/α,β-unsaturated/α-hetero) is 1. The van der Waals surface area contributed by atoms with Crippen LogP contribution in [0.15, 0.2) is 48.7 Å². The van der Waals surface area contributed by atoms with Gasteiger partial charge in [-0.05, 0) is 17.7 Å². The van der Waals surface area contributed by atoms with Gasteiger partial charge in [0.2, 0.25) is 5.95 Å². The van der Waals surface area contributed by atoms with Gasteiger partial charge in [-0.25, -0.2) is 4.98 Å². The van der Waals surface area contributed by atoms with E-state index in [9.17, 15) is 22.8 Å². The number of morpholine rings is 1. The number of carbonyl (C=O) groups is 2. The smallest absolute Gasteiger partial charge is 0.421 e. The van der Waals surface area contributed by atoms with Gasteiger partial charge >= 0.3 is 6.18 Å². The number of anilines is 4. The molecule has 0 bridgehead atoms. The van der Waals surface area contributed by atoms with Gasteiger partial charge in [-0.2, -0.15) is 18.2 Å². The topological polar surface area (TPSA) is 109 Å². The zero-order chi connectivity index (χ0) is 28.9. The van der Waals surface area contributed by atoms with E-state index in [0.717, 1.165) is 23.7 Å². The van der Waals surface area contributed by atoms with Crippen LogP contribution >= 0.6 is 0 Å². The largest absolute Gasteiger partial charge is 0.494 e. The van der Waals surface area contributed by atoms with E-state index in [4.69, 9.17) is 9.47 Å². The predicted molar refractivity (Wildman–Crippen MR) is 143 cm³/mol. The summed E-state index contributed by atoms with van der Waals surface area (Å²) in [6, 6.07) is 11.6. The van der Waals surface area contributed by atoms with Crippen LogP contribution < -0.4 is 20.3 Å². The van der Waals surface area contributed by atoms with E-state index in [0.29, 0.717) is 36.4 Å². The van der Waals surface area contributed by atoms with Crippen molar-refractivity contribution in [2.24, 2.45) is 0 Å². The van der Waals surface area contributed by atoms with E-state index in [-0.39, 0.29) is 18.1 Å². The summed E-state index contributed by atoms with van der Waals surface area (Å²) in [5.74, 6) is -1.64. The van der Waals surface area contributed by atoms with Crippen molar-refractivity contribution in [3.8, 4) is 5.75 Å². The molecule has 4 rings (SSSR count). The SMILES string of the molecule is COc1cc(N2CCOCC2)ccc1Nc1ncc(C(F)(F)F)c(NCc2ccccc2C(=O)C(=O)N(C)C)n1. The van der Waals surface area contributed by atoms with Crippen LogP contribution in [0, 0.1) is 0 Å². The predicted octanol–water partition coefficient (Wildman–Crippen LogP) is 3.97. The molecule has 13 heteroatoms. The number of ether oxygens (including phenoxy) is 2. The van der Waals surface area contributed by atoms with Crippen molar-refractivity contribution in [2.75, 3.05) is 63.0 Å². The standard InChI is InChI=1S/C27H29F3N6O4/c1-35(2)25(38)23(37)19-7-5-4-6-17(19)15-31-24-20(27(28,29)30)16-32-26(34-24)33-21-9-8-18(14-22(21)39-3)36-10-12-40-13-11-36/h4-9,14,16H,10-13,15H2,1-3H3,(H2,31,32,33,34). The summed E-state index contributed by atoms with van der Waals surface area (Å²) in [5.41, 5.74) is 0.718. The molecule has 1 aliphatic rings. The lowest BCUT2D eigenvalue weighted by atomic mass is 10.0. The number of amides is 1. The third-order valence-corrected chi connectivity index (χ3v) is 6.21. The first-order valence-electron chi connectivity index (χ1n) is 12.4. The molecular weight excluding hydrogens is 529 g/mol. The molecular formula is C27H29F3N6O4. The molecule has 10 nitrogen and oxygen atoms in total. The summed E-state index contributed by atoms with van der Waals surface area (Å²) < 4.78 is 52.3. The van der Waals surface area contributed by atoms with Gasteiger partial charge in [0, 0.05) is 57.2 Å². The third kappa shape index (κ3) is 6.60. The Balaban J connectivity index is 1.59. The fourth-order valence-electron chi connectivity index (χ4n) is 4.10. The zero-order valence-electron chi connectivity index (χ0n) is 22.2. The molecule has 1 aliphatic heterocycles. The van der Waals surface area contributed by atoms with Crippen LogP contribution in [0.5, 0.6) is 5.75 Å². The third-order valence-electron chi connectivity index (χ3n) is 6.21. The number of hydrogen-bond donors (Lipinski definition) is 2. The maximum absolute atomic E-state index is 13.8. The Bertz CT molecular complexity index is 1380. The quantitative estimate of drug-likeness (QED) is 0.298. The summed E-state index contributed by atoms with van der Waals surface area (Å²) in [6.45, 7) is 2.49. The first kappa shape index (κ1) is 28.6. The van der Waals surface area contributed by atoms with E-state index >= 15 is 0 Å². The van der Waals surface area contributed by atoms with E-state index in [1.807, 2.05) is 12.1 Å². The van der Waals surface area contributed by atoms with Crippen LogP contribution in [0.4, 0.5) is 36.3 Å². The molecule has 212 valence electrons. The fraction of sp³-hybridized carbons (Fsp3) is 0.333. The molecule has 0 radical (unpaired) electrons. The second kappa shape index (κ2) is 12.2. The molecule has 3 aromatic rings. The van der Waals surface area contributed by atoms with Crippen molar-refractivity contribution in [1.82, 2.24) is 14.9 Å². The number of alkyl halides is 3. The Kier molecular flexibility index (Phi) is 8.73. The van der Waals surface area contributed by atoms with E-state index in [1.165, 1.54) is 27.3 Å². The molecule has 0 atom stereocenters. The van der Waals surface area contributed by atoms with Crippen LogP contribution in [0.3, 0.4) is 0 Å². The summed E-state index contributed by atoms with van der Waals surface area (Å²) in [4.78, 5) is 36.0. The Labute approximate surface area is 229 Å². The second-order valence-electron chi connectivity index (χ2n) is 9.10. The van der Waals surface area contributed by atoms with Gasteiger partial charge in [0.05, 0.1) is 26.0 Å². The van der Waals surface area contributed by atoms with Gasteiger partial charge in [0.15, 0.2) is 0 Å². The summed E-state index contributed by atoms with van der Waals surface area (Å²) in [5, 5.41) is 5.59. The number of likely N-dealkylation sites (N-methyl/N-ethyl adjacent to an activating group) is 1. The normalized spacial score (nSPS) is 13.5. The first-order chi connectivity index (χ1) is 19.1. The Morgan fingerprint density at radius 3 is 2.52 bits per heavy atom. The lowest BCUT2D eigenvalue weighted by Gasteiger charge is -2.29. The van der Waals surface area contributed by atoms with Crippen molar-refractivity contribution in [3.63, 3.8) is 0 Å². The van der Waals surface area contributed by atoms with Gasteiger partial charge in [-0.3, -0.25) is 9.59 Å². The number of nitrogens with one attached hydrogen (secondary N) is 2. The van der Waals surface area contributed by atoms with Crippen molar-refractivity contribution in [3.05, 3.63) is 65.4 Å². The Morgan fingerprint density at radius 2 is 1.85 bits per heavy atom. The Morgan fingerprint density at radius 1 is 1.12 bits per heavy atom. The average Bonchev–Trinajstić information content (AvgIpc) is 2.95. The average molecular weight is 559 g/mol. The number of rotatable bonds is 9. The number of hydrogen-bond acceptors (Lipinski definition) is 9. The minimum Gasteiger partial charge on any atom is -0.494 e. The monoisotopic (exact) mass is 558 g/mol. The van der Waals surface area contributed by atoms with Crippen LogP contribution in [0.2, 0.25) is 0 Å². The van der Waals surface area contributed by atoms with Crippen LogP contribution in [-0.2, 0) is 22.3 Å². The molecule has 1 fully saturated rings. The van der Waals surface area contributed by atoms with Gasteiger partial charge < -0.3 is 29.9 Å². The highest BCUT2D eigenvalue weighted by molar-refractivity contribution is 6.42. The van der Waals surface area contributed by atoms with Crippen molar-refractivity contribution in [2.45, 2.75) is 12.7 Å². The van der Waals surface area contributed by atoms with Crippen molar-refractivity contribution in [1.29, 1.82) is 0 Å². The molecule has 1 aromatic heterocycles. The maximum atomic E-state index is 13.8. The van der Waals surface area contributed by atoms with Gasteiger partial charge in [-0.1, -0.05) is 24.3 Å². The number of halogens is 3. The minimum atomic E-state index is -4.74. The van der Waals surface area contributed by atoms with Crippen LogP contribution in [-0.4, -0.2) is 74.1 Å². The molecule has 0 spiro atoms. The van der Waals surface area contributed by atoms with E-state index < -0.39 is 29.2 Å². The number of aromatic nitrogens is 2. The van der Waals surface area contributed by atoms with Crippen molar-refractivity contribution >= 4 is 34.8 Å². The molecule has 40 heavy (non-hydrogen) atoms. The molecule has 1 amide bonds. The summed E-state index contributed by atoms with van der Waals surface area (Å²) in [7, 11) is 4.37. The molecule has 0 aliphatic carbocycles. The highest BCUT2D eigenvalue weighted by atomic mass is 19.4.